The summed E-state index contributed by atoms with van der Waals surface area (Å²) in [5, 5.41) is 8.58. The van der Waals surface area contributed by atoms with Gasteiger partial charge in [0.25, 0.3) is 0 Å². The van der Waals surface area contributed by atoms with Crippen molar-refractivity contribution >= 4 is 11.9 Å². The smallest absolute Gasteiger partial charge is 0.397 e. The average molecular weight is 255 g/mol. The van der Waals surface area contributed by atoms with Crippen molar-refractivity contribution in [2.45, 2.75) is 25.1 Å². The second-order valence-electron chi connectivity index (χ2n) is 3.71. The van der Waals surface area contributed by atoms with Crippen molar-refractivity contribution in [2.24, 2.45) is 0 Å². The Balaban J connectivity index is 2.64. The van der Waals surface area contributed by atoms with Crippen molar-refractivity contribution in [1.29, 1.82) is 0 Å². The molecule has 0 aromatic heterocycles. The molecule has 1 heterocycles. The number of carboxylic acid groups (broad SMARTS) is 1. The molecular weight excluding hydrogens is 243 g/mol. The van der Waals surface area contributed by atoms with Crippen LogP contribution in [0.15, 0.2) is 0 Å². The highest BCUT2D eigenvalue weighted by Gasteiger charge is 2.37. The van der Waals surface area contributed by atoms with Crippen molar-refractivity contribution in [3.63, 3.8) is 0 Å². The number of hydrogen-bond acceptors (Lipinski definition) is 3. The molecule has 5 nitrogen and oxygen atoms in total. The van der Waals surface area contributed by atoms with E-state index in [0.29, 0.717) is 0 Å². The van der Waals surface area contributed by atoms with Gasteiger partial charge in [-0.05, 0) is 0 Å². The van der Waals surface area contributed by atoms with Gasteiger partial charge in [-0.25, -0.2) is 0 Å². The molecule has 17 heavy (non-hydrogen) atoms. The summed E-state index contributed by atoms with van der Waals surface area (Å²) in [6.45, 7) is 0.0719. The first kappa shape index (κ1) is 13.8. The van der Waals surface area contributed by atoms with Crippen LogP contribution in [0.2, 0.25) is 0 Å². The monoisotopic (exact) mass is 255 g/mol. The number of alkyl halides is 3. The predicted octanol–water partition coefficient (Wildman–Crippen LogP) is 0.641. The zero-order valence-corrected chi connectivity index (χ0v) is 8.87. The Bertz CT molecular complexity index is 305. The Morgan fingerprint density at radius 3 is 2.59 bits per heavy atom. The van der Waals surface area contributed by atoms with E-state index in [1.54, 1.807) is 0 Å². The Kier molecular flexibility index (Phi) is 4.33. The molecule has 1 N–H and O–H groups in total. The minimum Gasteiger partial charge on any atom is -0.481 e. The average Bonchev–Trinajstić information content (AvgIpc) is 2.14. The van der Waals surface area contributed by atoms with Crippen LogP contribution in [0.25, 0.3) is 0 Å². The van der Waals surface area contributed by atoms with Crippen LogP contribution < -0.4 is 0 Å². The first-order valence-electron chi connectivity index (χ1n) is 4.95. The molecular formula is C9H12F3NO4. The molecule has 0 radical (unpaired) electrons. The summed E-state index contributed by atoms with van der Waals surface area (Å²) in [5.41, 5.74) is 0. The van der Waals surface area contributed by atoms with Crippen molar-refractivity contribution in [3.05, 3.63) is 0 Å². The predicted molar refractivity (Wildman–Crippen MR) is 49.2 cm³/mol. The number of hydrogen-bond donors (Lipinski definition) is 1. The van der Waals surface area contributed by atoms with E-state index in [-0.39, 0.29) is 19.8 Å². The lowest BCUT2D eigenvalue weighted by molar-refractivity contribution is -0.167. The van der Waals surface area contributed by atoms with Gasteiger partial charge in [0.15, 0.2) is 0 Å². The van der Waals surface area contributed by atoms with Crippen LogP contribution in [0.5, 0.6) is 0 Å². The quantitative estimate of drug-likeness (QED) is 0.803. The summed E-state index contributed by atoms with van der Waals surface area (Å²) in [4.78, 5) is 22.8. The summed E-state index contributed by atoms with van der Waals surface area (Å²) in [6, 6.07) is -0.823. The number of rotatable bonds is 3. The number of carbonyl (C=O) groups is 2. The lowest BCUT2D eigenvalue weighted by atomic mass is 10.1. The third kappa shape index (κ3) is 4.59. The standard InChI is InChI=1S/C9H12F3NO4/c10-9(11,12)4-7(14)13-1-2-17-5-6(13)3-8(15)16/h6H,1-5H2,(H,15,16). The number of nitrogens with zero attached hydrogens (tertiary/aromatic N) is 1. The van der Waals surface area contributed by atoms with Crippen molar-refractivity contribution < 1.29 is 32.6 Å². The van der Waals surface area contributed by atoms with Crippen LogP contribution in [-0.2, 0) is 14.3 Å². The molecule has 1 atom stereocenters. The summed E-state index contributed by atoms with van der Waals surface area (Å²) in [6.07, 6.45) is -6.56. The van der Waals surface area contributed by atoms with Crippen molar-refractivity contribution in [2.75, 3.05) is 19.8 Å². The molecule has 0 aromatic carbocycles. The van der Waals surface area contributed by atoms with E-state index in [4.69, 9.17) is 9.84 Å². The van der Waals surface area contributed by atoms with Crippen LogP contribution in [0.1, 0.15) is 12.8 Å². The molecule has 1 fully saturated rings. The van der Waals surface area contributed by atoms with Gasteiger partial charge < -0.3 is 14.7 Å². The number of ether oxygens (including phenoxy) is 1. The molecule has 1 aliphatic heterocycles. The molecule has 1 saturated heterocycles. The SMILES string of the molecule is O=C(O)CC1COCCN1C(=O)CC(F)(F)F. The highest BCUT2D eigenvalue weighted by atomic mass is 19.4. The molecule has 1 unspecified atom stereocenters. The van der Waals surface area contributed by atoms with Gasteiger partial charge in [0.2, 0.25) is 5.91 Å². The topological polar surface area (TPSA) is 66.8 Å². The summed E-state index contributed by atoms with van der Waals surface area (Å²) in [7, 11) is 0. The van der Waals surface area contributed by atoms with Crippen LogP contribution >= 0.6 is 0 Å². The summed E-state index contributed by atoms with van der Waals surface area (Å²) < 4.78 is 41.1. The molecule has 0 aliphatic carbocycles. The normalized spacial score (nSPS) is 21.4. The van der Waals surface area contributed by atoms with Gasteiger partial charge in [0, 0.05) is 6.54 Å². The van der Waals surface area contributed by atoms with E-state index in [1.807, 2.05) is 0 Å². The Morgan fingerprint density at radius 1 is 1.41 bits per heavy atom. The van der Waals surface area contributed by atoms with Crippen molar-refractivity contribution in [3.8, 4) is 0 Å². The van der Waals surface area contributed by atoms with E-state index < -0.39 is 36.9 Å². The molecule has 0 bridgehead atoms. The lowest BCUT2D eigenvalue weighted by Crippen LogP contribution is -2.50. The number of carboxylic acids is 1. The molecule has 0 spiro atoms. The number of amides is 1. The number of morpholine rings is 1. The van der Waals surface area contributed by atoms with E-state index in [9.17, 15) is 22.8 Å². The van der Waals surface area contributed by atoms with Crippen LogP contribution in [-0.4, -0.2) is 53.9 Å². The molecule has 0 aromatic rings. The number of aliphatic carboxylic acids is 1. The zero-order valence-electron chi connectivity index (χ0n) is 8.87. The van der Waals surface area contributed by atoms with Gasteiger partial charge in [-0.3, -0.25) is 9.59 Å². The number of carbonyl (C=O) groups excluding carboxylic acids is 1. The molecule has 1 aliphatic rings. The fourth-order valence-electron chi connectivity index (χ4n) is 1.63. The minimum atomic E-state index is -4.58. The zero-order chi connectivity index (χ0) is 13.1. The first-order valence-corrected chi connectivity index (χ1v) is 4.95. The maximum absolute atomic E-state index is 12.1. The second kappa shape index (κ2) is 5.35. The Hall–Kier alpha value is -1.31. The lowest BCUT2D eigenvalue weighted by Gasteiger charge is -2.35. The fourth-order valence-corrected chi connectivity index (χ4v) is 1.63. The first-order chi connectivity index (χ1) is 7.79. The van der Waals surface area contributed by atoms with Gasteiger partial charge in [-0.15, -0.1) is 0 Å². The van der Waals surface area contributed by atoms with Gasteiger partial charge >= 0.3 is 12.1 Å². The van der Waals surface area contributed by atoms with E-state index in [2.05, 4.69) is 0 Å². The Morgan fingerprint density at radius 2 is 2.06 bits per heavy atom. The van der Waals surface area contributed by atoms with E-state index >= 15 is 0 Å². The third-order valence-corrected chi connectivity index (χ3v) is 2.31. The Labute approximate surface area is 95.1 Å². The summed E-state index contributed by atoms with van der Waals surface area (Å²) >= 11 is 0. The van der Waals surface area contributed by atoms with Gasteiger partial charge in [0.05, 0.1) is 25.7 Å². The molecule has 1 rings (SSSR count). The van der Waals surface area contributed by atoms with Crippen LogP contribution in [0, 0.1) is 0 Å². The molecule has 1 amide bonds. The summed E-state index contributed by atoms with van der Waals surface area (Å²) in [5.74, 6) is -2.28. The second-order valence-corrected chi connectivity index (χ2v) is 3.71. The highest BCUT2D eigenvalue weighted by molar-refractivity contribution is 5.78. The van der Waals surface area contributed by atoms with Crippen LogP contribution in [0.4, 0.5) is 13.2 Å². The van der Waals surface area contributed by atoms with E-state index in [0.717, 1.165) is 4.90 Å². The number of halogens is 3. The van der Waals surface area contributed by atoms with Gasteiger partial charge in [0.1, 0.15) is 6.42 Å². The largest absolute Gasteiger partial charge is 0.481 e. The van der Waals surface area contributed by atoms with Crippen LogP contribution in [0.3, 0.4) is 0 Å². The maximum atomic E-state index is 12.1. The maximum Gasteiger partial charge on any atom is 0.397 e. The minimum absolute atomic E-state index is 0.00708. The van der Waals surface area contributed by atoms with Gasteiger partial charge in [-0.2, -0.15) is 13.2 Å². The molecule has 8 heteroatoms. The highest BCUT2D eigenvalue weighted by Crippen LogP contribution is 2.22. The molecule has 98 valence electrons. The van der Waals surface area contributed by atoms with Gasteiger partial charge in [-0.1, -0.05) is 0 Å². The van der Waals surface area contributed by atoms with E-state index in [1.165, 1.54) is 0 Å². The third-order valence-electron chi connectivity index (χ3n) is 2.31. The fraction of sp³-hybridized carbons (Fsp3) is 0.778. The molecule has 0 saturated carbocycles. The van der Waals surface area contributed by atoms with Crippen molar-refractivity contribution in [1.82, 2.24) is 4.90 Å².